The lowest BCUT2D eigenvalue weighted by Gasteiger charge is -2.32. The van der Waals surface area contributed by atoms with Crippen molar-refractivity contribution in [1.82, 2.24) is 4.98 Å². The van der Waals surface area contributed by atoms with Gasteiger partial charge in [-0.15, -0.1) is 0 Å². The van der Waals surface area contributed by atoms with Gasteiger partial charge >= 0.3 is 0 Å². The van der Waals surface area contributed by atoms with E-state index in [0.29, 0.717) is 10.9 Å². The van der Waals surface area contributed by atoms with Crippen molar-refractivity contribution >= 4 is 17.2 Å². The van der Waals surface area contributed by atoms with Gasteiger partial charge in [-0.25, -0.2) is 4.98 Å². The smallest absolute Gasteiger partial charge is 0.214 e. The number of pyridine rings is 1. The predicted octanol–water partition coefficient (Wildman–Crippen LogP) is 2.36. The average molecular weight is 280 g/mol. The topological polar surface area (TPSA) is 57.4 Å². The van der Waals surface area contributed by atoms with Crippen molar-refractivity contribution in [3.05, 3.63) is 23.4 Å². The molecule has 2 N–H and O–H groups in total. The second-order valence-electron chi connectivity index (χ2n) is 5.17. The number of hydrogen-bond donors (Lipinski definition) is 1. The summed E-state index contributed by atoms with van der Waals surface area (Å²) in [5.74, 6) is 0.592. The molecule has 19 heavy (non-hydrogen) atoms. The van der Waals surface area contributed by atoms with Crippen LogP contribution in [0.25, 0.3) is 0 Å². The predicted molar refractivity (Wildman–Crippen MR) is 78.5 cm³/mol. The third-order valence-electron chi connectivity index (χ3n) is 3.16. The molecule has 0 radical (unpaired) electrons. The first-order valence-corrected chi connectivity index (χ1v) is 6.95. The van der Waals surface area contributed by atoms with Gasteiger partial charge in [-0.2, -0.15) is 0 Å². The second kappa shape index (κ2) is 5.84. The van der Waals surface area contributed by atoms with Crippen LogP contribution in [-0.4, -0.2) is 28.3 Å². The zero-order chi connectivity index (χ0) is 14.0. The van der Waals surface area contributed by atoms with Crippen LogP contribution >= 0.6 is 12.2 Å². The minimum absolute atomic E-state index is 0.132. The van der Waals surface area contributed by atoms with E-state index in [-0.39, 0.29) is 18.3 Å². The molecule has 1 fully saturated rings. The first-order valence-electron chi connectivity index (χ1n) is 6.54. The molecule has 2 unspecified atom stereocenters. The van der Waals surface area contributed by atoms with Crippen LogP contribution in [0.1, 0.15) is 37.9 Å². The molecule has 1 aliphatic rings. The molecule has 104 valence electrons. The van der Waals surface area contributed by atoms with Crippen molar-refractivity contribution < 1.29 is 9.47 Å². The summed E-state index contributed by atoms with van der Waals surface area (Å²) in [5, 5.41) is 0. The fraction of sp³-hybridized carbons (Fsp3) is 0.571. The van der Waals surface area contributed by atoms with Crippen LogP contribution in [0.5, 0.6) is 5.88 Å². The van der Waals surface area contributed by atoms with Crippen molar-refractivity contribution in [2.75, 3.05) is 0 Å². The van der Waals surface area contributed by atoms with Gasteiger partial charge in [0.15, 0.2) is 0 Å². The third-order valence-corrected chi connectivity index (χ3v) is 3.39. The lowest BCUT2D eigenvalue weighted by atomic mass is 10.0. The number of hydrogen-bond acceptors (Lipinski definition) is 4. The molecular weight excluding hydrogens is 260 g/mol. The monoisotopic (exact) mass is 280 g/mol. The van der Waals surface area contributed by atoms with E-state index in [1.807, 2.05) is 13.0 Å². The van der Waals surface area contributed by atoms with E-state index in [0.717, 1.165) is 24.1 Å². The Bertz CT molecular complexity index is 469. The summed E-state index contributed by atoms with van der Waals surface area (Å²) >= 11 is 5.00. The molecule has 4 nitrogen and oxygen atoms in total. The number of ether oxygens (including phenoxy) is 2. The van der Waals surface area contributed by atoms with Crippen LogP contribution in [0, 0.1) is 6.92 Å². The minimum atomic E-state index is 0.132. The van der Waals surface area contributed by atoms with Crippen LogP contribution in [-0.2, 0) is 4.74 Å². The van der Waals surface area contributed by atoms with E-state index >= 15 is 0 Å². The highest BCUT2D eigenvalue weighted by Crippen LogP contribution is 2.24. The number of nitrogens with two attached hydrogens (primary N) is 1. The standard InChI is InChI=1S/C14H20N2O2S/c1-8-4-11(14(15)19)7-13(16-8)18-12-5-9(2)17-10(3)6-12/h4,7,9-10,12H,5-6H2,1-3H3,(H2,15,19). The number of thiocarbonyl (C=S) groups is 1. The molecule has 0 aromatic carbocycles. The Morgan fingerprint density at radius 1 is 1.37 bits per heavy atom. The quantitative estimate of drug-likeness (QED) is 0.861. The maximum atomic E-state index is 5.96. The highest BCUT2D eigenvalue weighted by Gasteiger charge is 2.26. The Morgan fingerprint density at radius 3 is 2.58 bits per heavy atom. The highest BCUT2D eigenvalue weighted by molar-refractivity contribution is 7.80. The molecule has 2 atom stereocenters. The summed E-state index contributed by atoms with van der Waals surface area (Å²) in [6.45, 7) is 6.04. The Kier molecular flexibility index (Phi) is 4.37. The Labute approximate surface area is 119 Å². The Morgan fingerprint density at radius 2 is 2.00 bits per heavy atom. The van der Waals surface area contributed by atoms with Gasteiger partial charge in [-0.1, -0.05) is 12.2 Å². The van der Waals surface area contributed by atoms with Crippen LogP contribution in [0.15, 0.2) is 12.1 Å². The van der Waals surface area contributed by atoms with Gasteiger partial charge in [0.05, 0.1) is 12.2 Å². The normalized spacial score (nSPS) is 27.0. The maximum Gasteiger partial charge on any atom is 0.214 e. The summed E-state index contributed by atoms with van der Waals surface area (Å²) < 4.78 is 11.7. The molecule has 1 saturated heterocycles. The van der Waals surface area contributed by atoms with Crippen LogP contribution in [0.2, 0.25) is 0 Å². The van der Waals surface area contributed by atoms with Gasteiger partial charge in [0.25, 0.3) is 0 Å². The fourth-order valence-electron chi connectivity index (χ4n) is 2.45. The second-order valence-corrected chi connectivity index (χ2v) is 5.61. The van der Waals surface area contributed by atoms with E-state index in [9.17, 15) is 0 Å². The molecule has 0 aliphatic carbocycles. The molecule has 2 rings (SSSR count). The van der Waals surface area contributed by atoms with Crippen molar-refractivity contribution in [2.45, 2.75) is 51.9 Å². The summed E-state index contributed by atoms with van der Waals surface area (Å²) in [6, 6.07) is 3.67. The maximum absolute atomic E-state index is 5.96. The third kappa shape index (κ3) is 3.88. The number of nitrogens with zero attached hydrogens (tertiary/aromatic N) is 1. The van der Waals surface area contributed by atoms with Crippen molar-refractivity contribution in [1.29, 1.82) is 0 Å². The van der Waals surface area contributed by atoms with Crippen LogP contribution < -0.4 is 10.5 Å². The molecule has 0 saturated carbocycles. The van der Waals surface area contributed by atoms with Crippen LogP contribution in [0.4, 0.5) is 0 Å². The summed E-state index contributed by atoms with van der Waals surface area (Å²) in [4.78, 5) is 4.75. The summed E-state index contributed by atoms with van der Waals surface area (Å²) in [6.07, 6.45) is 2.32. The minimum Gasteiger partial charge on any atom is -0.474 e. The Balaban J connectivity index is 2.12. The molecular formula is C14H20N2O2S. The van der Waals surface area contributed by atoms with Gasteiger partial charge in [0.2, 0.25) is 5.88 Å². The summed E-state index contributed by atoms with van der Waals surface area (Å²) in [5.41, 5.74) is 7.31. The SMILES string of the molecule is Cc1cc(C(N)=S)cc(OC2CC(C)OC(C)C2)n1. The number of aryl methyl sites for hydroxylation is 1. The van der Waals surface area contributed by atoms with E-state index < -0.39 is 0 Å². The first kappa shape index (κ1) is 14.2. The van der Waals surface area contributed by atoms with E-state index in [4.69, 9.17) is 27.4 Å². The lowest BCUT2D eigenvalue weighted by molar-refractivity contribution is -0.0729. The van der Waals surface area contributed by atoms with Crippen LogP contribution in [0.3, 0.4) is 0 Å². The molecule has 5 heteroatoms. The Hall–Kier alpha value is -1.20. The molecule has 1 aromatic heterocycles. The largest absolute Gasteiger partial charge is 0.474 e. The zero-order valence-corrected chi connectivity index (χ0v) is 12.4. The number of aromatic nitrogens is 1. The lowest BCUT2D eigenvalue weighted by Crippen LogP contribution is -2.35. The van der Waals surface area contributed by atoms with E-state index in [1.54, 1.807) is 6.07 Å². The van der Waals surface area contributed by atoms with Crippen molar-refractivity contribution in [3.8, 4) is 5.88 Å². The molecule has 1 aliphatic heterocycles. The molecule has 1 aromatic rings. The van der Waals surface area contributed by atoms with Gasteiger partial charge in [0, 0.05) is 30.2 Å². The number of rotatable bonds is 3. The van der Waals surface area contributed by atoms with Gasteiger partial charge in [0.1, 0.15) is 11.1 Å². The highest BCUT2D eigenvalue weighted by atomic mass is 32.1. The molecule has 0 bridgehead atoms. The van der Waals surface area contributed by atoms with Crippen molar-refractivity contribution in [3.63, 3.8) is 0 Å². The van der Waals surface area contributed by atoms with Gasteiger partial charge in [-0.05, 0) is 26.8 Å². The van der Waals surface area contributed by atoms with E-state index in [1.165, 1.54) is 0 Å². The zero-order valence-electron chi connectivity index (χ0n) is 11.6. The van der Waals surface area contributed by atoms with Crippen molar-refractivity contribution in [2.24, 2.45) is 5.73 Å². The van der Waals surface area contributed by atoms with Gasteiger partial charge in [-0.3, -0.25) is 0 Å². The molecule has 2 heterocycles. The fourth-order valence-corrected chi connectivity index (χ4v) is 2.57. The van der Waals surface area contributed by atoms with Gasteiger partial charge < -0.3 is 15.2 Å². The first-order chi connectivity index (χ1) is 8.94. The molecule has 0 amide bonds. The average Bonchev–Trinajstić information content (AvgIpc) is 2.26. The summed E-state index contributed by atoms with van der Waals surface area (Å²) in [7, 11) is 0. The molecule has 0 spiro atoms. The van der Waals surface area contributed by atoms with E-state index in [2.05, 4.69) is 18.8 Å².